The molecule has 0 aliphatic heterocycles. The molecule has 124 valence electrons. The normalized spacial score (nSPS) is 10.9. The third-order valence-electron chi connectivity index (χ3n) is 3.26. The van der Waals surface area contributed by atoms with Crippen LogP contribution in [0.15, 0.2) is 33.5 Å². The number of halogens is 1. The van der Waals surface area contributed by atoms with Crippen molar-refractivity contribution in [1.29, 1.82) is 0 Å². The maximum atomic E-state index is 12.1. The fraction of sp³-hybridized carbons (Fsp3) is 0.267. The van der Waals surface area contributed by atoms with Gasteiger partial charge in [-0.25, -0.2) is 9.48 Å². The second-order valence-electron chi connectivity index (χ2n) is 5.01. The summed E-state index contributed by atoms with van der Waals surface area (Å²) in [5.41, 5.74) is -0.115. The number of carbonyl (C=O) groups is 1. The third-order valence-corrected chi connectivity index (χ3v) is 3.50. The van der Waals surface area contributed by atoms with E-state index in [1.165, 1.54) is 12.1 Å². The monoisotopic (exact) mass is 348 g/mol. The van der Waals surface area contributed by atoms with E-state index in [1.807, 2.05) is 6.92 Å². The van der Waals surface area contributed by atoms with Crippen LogP contribution in [0.2, 0.25) is 5.02 Å². The lowest BCUT2D eigenvalue weighted by atomic mass is 10.2. The lowest BCUT2D eigenvalue weighted by Crippen LogP contribution is -2.13. The van der Waals surface area contributed by atoms with Crippen molar-refractivity contribution in [3.63, 3.8) is 0 Å². The zero-order chi connectivity index (χ0) is 17.1. The molecule has 24 heavy (non-hydrogen) atoms. The molecule has 2 aromatic heterocycles. The first-order chi connectivity index (χ1) is 11.6. The highest BCUT2D eigenvalue weighted by Gasteiger charge is 2.16. The molecular formula is C15H13ClN4O4. The van der Waals surface area contributed by atoms with E-state index < -0.39 is 5.97 Å². The number of carbonyl (C=O) groups excluding carboxylic acids is 1. The highest BCUT2D eigenvalue weighted by atomic mass is 35.5. The van der Waals surface area contributed by atoms with Crippen molar-refractivity contribution in [3.8, 4) is 0 Å². The third kappa shape index (κ3) is 3.28. The minimum absolute atomic E-state index is 0.117. The zero-order valence-electron chi connectivity index (χ0n) is 12.7. The van der Waals surface area contributed by atoms with E-state index >= 15 is 0 Å². The molecule has 1 aromatic carbocycles. The average molecular weight is 349 g/mol. The molecule has 0 fully saturated rings. The van der Waals surface area contributed by atoms with Crippen LogP contribution in [0.4, 0.5) is 0 Å². The smallest absolute Gasteiger partial charge is 0.374 e. The molecule has 3 aromatic rings. The molecule has 0 N–H and O–H groups in total. The van der Waals surface area contributed by atoms with Crippen molar-refractivity contribution in [2.24, 2.45) is 0 Å². The van der Waals surface area contributed by atoms with E-state index in [0.29, 0.717) is 22.8 Å². The molecule has 0 saturated carbocycles. The number of tetrazole rings is 1. The molecule has 0 spiro atoms. The van der Waals surface area contributed by atoms with Crippen LogP contribution in [0, 0.1) is 0 Å². The summed E-state index contributed by atoms with van der Waals surface area (Å²) in [5, 5.41) is 11.8. The first kappa shape index (κ1) is 16.1. The molecule has 0 aliphatic rings. The maximum Gasteiger partial charge on any atom is 0.374 e. The topological polar surface area (TPSA) is 100 Å². The van der Waals surface area contributed by atoms with Gasteiger partial charge in [-0.3, -0.25) is 4.79 Å². The number of hydrogen-bond acceptors (Lipinski definition) is 7. The Morgan fingerprint density at radius 1 is 1.38 bits per heavy atom. The van der Waals surface area contributed by atoms with Crippen molar-refractivity contribution in [3.05, 3.63) is 51.1 Å². The van der Waals surface area contributed by atoms with Gasteiger partial charge in [-0.2, -0.15) is 0 Å². The SMILES string of the molecule is CCCn1nnnc1COC(=O)c1cc(=O)c2cc(Cl)ccc2o1. The van der Waals surface area contributed by atoms with Gasteiger partial charge in [-0.05, 0) is 35.0 Å². The lowest BCUT2D eigenvalue weighted by Gasteiger charge is -2.05. The van der Waals surface area contributed by atoms with Crippen molar-refractivity contribution >= 4 is 28.5 Å². The van der Waals surface area contributed by atoms with E-state index in [2.05, 4.69) is 15.5 Å². The van der Waals surface area contributed by atoms with Crippen molar-refractivity contribution in [2.45, 2.75) is 26.5 Å². The van der Waals surface area contributed by atoms with Gasteiger partial charge in [0, 0.05) is 17.6 Å². The van der Waals surface area contributed by atoms with Crippen LogP contribution in [0.1, 0.15) is 29.7 Å². The van der Waals surface area contributed by atoms with Gasteiger partial charge in [0.15, 0.2) is 17.9 Å². The Labute approximate surface area is 141 Å². The minimum atomic E-state index is -0.769. The summed E-state index contributed by atoms with van der Waals surface area (Å²) in [6.45, 7) is 2.48. The number of esters is 1. The van der Waals surface area contributed by atoms with Gasteiger partial charge in [0.05, 0.1) is 5.39 Å². The number of fused-ring (bicyclic) bond motifs is 1. The summed E-state index contributed by atoms with van der Waals surface area (Å²) in [6.07, 6.45) is 0.841. The molecule has 0 unspecified atom stereocenters. The van der Waals surface area contributed by atoms with Crippen LogP contribution in [0.3, 0.4) is 0 Å². The minimum Gasteiger partial charge on any atom is -0.452 e. The fourth-order valence-corrected chi connectivity index (χ4v) is 2.31. The molecule has 0 bridgehead atoms. The molecule has 0 radical (unpaired) electrons. The summed E-state index contributed by atoms with van der Waals surface area (Å²) in [4.78, 5) is 24.2. The average Bonchev–Trinajstić information content (AvgIpc) is 3.01. The number of nitrogens with zero attached hydrogens (tertiary/aromatic N) is 4. The van der Waals surface area contributed by atoms with E-state index in [4.69, 9.17) is 20.8 Å². The molecule has 0 atom stereocenters. The van der Waals surface area contributed by atoms with Crippen LogP contribution in [-0.4, -0.2) is 26.2 Å². The van der Waals surface area contributed by atoms with Crippen LogP contribution >= 0.6 is 11.6 Å². The van der Waals surface area contributed by atoms with E-state index in [1.54, 1.807) is 10.7 Å². The highest BCUT2D eigenvalue weighted by Crippen LogP contribution is 2.18. The van der Waals surface area contributed by atoms with Gasteiger partial charge in [-0.1, -0.05) is 18.5 Å². The molecule has 8 nitrogen and oxygen atoms in total. The summed E-state index contributed by atoms with van der Waals surface area (Å²) >= 11 is 5.85. The summed E-state index contributed by atoms with van der Waals surface area (Å²) in [7, 11) is 0. The highest BCUT2D eigenvalue weighted by molar-refractivity contribution is 6.31. The summed E-state index contributed by atoms with van der Waals surface area (Å²) in [6, 6.07) is 5.66. The Morgan fingerprint density at radius 2 is 2.21 bits per heavy atom. The second-order valence-corrected chi connectivity index (χ2v) is 5.45. The number of rotatable bonds is 5. The molecule has 9 heteroatoms. The summed E-state index contributed by atoms with van der Waals surface area (Å²) in [5.74, 6) is -0.542. The molecule has 2 heterocycles. The first-order valence-electron chi connectivity index (χ1n) is 7.24. The number of ether oxygens (including phenoxy) is 1. The Kier molecular flexibility index (Phi) is 4.57. The molecule has 0 saturated heterocycles. The van der Waals surface area contributed by atoms with Gasteiger partial charge < -0.3 is 9.15 Å². The van der Waals surface area contributed by atoms with Gasteiger partial charge in [0.2, 0.25) is 5.76 Å². The summed E-state index contributed by atoms with van der Waals surface area (Å²) < 4.78 is 12.1. The zero-order valence-corrected chi connectivity index (χ0v) is 13.5. The van der Waals surface area contributed by atoms with Gasteiger partial charge in [-0.15, -0.1) is 5.10 Å². The van der Waals surface area contributed by atoms with Gasteiger partial charge in [0.25, 0.3) is 0 Å². The number of benzene rings is 1. The number of hydrogen-bond donors (Lipinski definition) is 0. The lowest BCUT2D eigenvalue weighted by molar-refractivity contribution is 0.0420. The van der Waals surface area contributed by atoms with Gasteiger partial charge in [0.1, 0.15) is 5.58 Å². The number of aromatic nitrogens is 4. The largest absolute Gasteiger partial charge is 0.452 e. The van der Waals surface area contributed by atoms with Crippen LogP contribution in [0.25, 0.3) is 11.0 Å². The second kappa shape index (κ2) is 6.79. The molecule has 0 aliphatic carbocycles. The van der Waals surface area contributed by atoms with Crippen LogP contribution in [0.5, 0.6) is 0 Å². The number of aryl methyl sites for hydroxylation is 1. The fourth-order valence-electron chi connectivity index (χ4n) is 2.14. The van der Waals surface area contributed by atoms with E-state index in [9.17, 15) is 9.59 Å². The van der Waals surface area contributed by atoms with E-state index in [-0.39, 0.29) is 23.4 Å². The standard InChI is InChI=1S/C15H13ClN4O4/c1-2-5-20-14(17-18-19-20)8-23-15(22)13-7-11(21)10-6-9(16)3-4-12(10)24-13/h3-4,6-7H,2,5,8H2,1H3. The maximum absolute atomic E-state index is 12.1. The Balaban J connectivity index is 1.80. The predicted octanol–water partition coefficient (Wildman–Crippen LogP) is 2.20. The molecular weight excluding hydrogens is 336 g/mol. The quantitative estimate of drug-likeness (QED) is 0.651. The molecule has 3 rings (SSSR count). The van der Waals surface area contributed by atoms with E-state index in [0.717, 1.165) is 12.5 Å². The Hall–Kier alpha value is -2.74. The molecule has 0 amide bonds. The van der Waals surface area contributed by atoms with Crippen molar-refractivity contribution in [2.75, 3.05) is 0 Å². The van der Waals surface area contributed by atoms with Crippen LogP contribution in [-0.2, 0) is 17.9 Å². The van der Waals surface area contributed by atoms with Crippen LogP contribution < -0.4 is 5.43 Å². The Morgan fingerprint density at radius 3 is 3.00 bits per heavy atom. The first-order valence-corrected chi connectivity index (χ1v) is 7.62. The van der Waals surface area contributed by atoms with Crippen molar-refractivity contribution < 1.29 is 13.9 Å². The van der Waals surface area contributed by atoms with Gasteiger partial charge >= 0.3 is 5.97 Å². The predicted molar refractivity (Wildman–Crippen MR) is 84.7 cm³/mol. The van der Waals surface area contributed by atoms with Crippen molar-refractivity contribution in [1.82, 2.24) is 20.2 Å². The Bertz CT molecular complexity index is 950.